The molecule has 1 heterocycles. The lowest BCUT2D eigenvalue weighted by Crippen LogP contribution is -2.40. The van der Waals surface area contributed by atoms with Crippen LogP contribution in [-0.4, -0.2) is 49.1 Å². The number of fused-ring (bicyclic) bond motifs is 1. The van der Waals surface area contributed by atoms with Crippen LogP contribution in [0.5, 0.6) is 5.75 Å². The summed E-state index contributed by atoms with van der Waals surface area (Å²) in [6.07, 6.45) is 7.67. The van der Waals surface area contributed by atoms with E-state index in [1.165, 1.54) is 56.2 Å². The third kappa shape index (κ3) is 3.78. The zero-order valence-corrected chi connectivity index (χ0v) is 15.8. The van der Waals surface area contributed by atoms with Crippen LogP contribution in [0.25, 0.3) is 0 Å². The molecule has 1 fully saturated rings. The summed E-state index contributed by atoms with van der Waals surface area (Å²) >= 11 is 0. The quantitative estimate of drug-likeness (QED) is 0.775. The molecule has 3 heteroatoms. The van der Waals surface area contributed by atoms with Gasteiger partial charge < -0.3 is 9.64 Å². The number of benzene rings is 1. The highest BCUT2D eigenvalue weighted by atomic mass is 16.5. The van der Waals surface area contributed by atoms with Gasteiger partial charge in [-0.1, -0.05) is 32.4 Å². The van der Waals surface area contributed by atoms with Crippen LogP contribution < -0.4 is 4.74 Å². The molecule has 2 atom stereocenters. The Bertz CT molecular complexity index is 527. The zero-order valence-electron chi connectivity index (χ0n) is 15.8. The van der Waals surface area contributed by atoms with Crippen molar-refractivity contribution < 1.29 is 4.74 Å². The number of ether oxygens (including phenoxy) is 1. The number of rotatable bonds is 6. The summed E-state index contributed by atoms with van der Waals surface area (Å²) in [5.41, 5.74) is 2.98. The number of likely N-dealkylation sites (N-methyl/N-ethyl adjacent to an activating group) is 1. The SMILES string of the molecule is CCN(CC)C1CCCc2c(OCC3CCCCN3C)cccc21. The van der Waals surface area contributed by atoms with Crippen LogP contribution in [0, 0.1) is 0 Å². The third-order valence-corrected chi connectivity index (χ3v) is 6.04. The van der Waals surface area contributed by atoms with Crippen LogP contribution in [0.3, 0.4) is 0 Å². The van der Waals surface area contributed by atoms with Gasteiger partial charge in [0.25, 0.3) is 0 Å². The summed E-state index contributed by atoms with van der Waals surface area (Å²) in [7, 11) is 2.24. The Kier molecular flexibility index (Phi) is 6.18. The molecule has 2 unspecified atom stereocenters. The van der Waals surface area contributed by atoms with Crippen molar-refractivity contribution in [2.75, 3.05) is 33.3 Å². The molecule has 1 saturated heterocycles. The first-order valence-corrected chi connectivity index (χ1v) is 9.93. The molecular weight excluding hydrogens is 296 g/mol. The van der Waals surface area contributed by atoms with Gasteiger partial charge in [-0.05, 0) is 76.0 Å². The lowest BCUT2D eigenvalue weighted by Gasteiger charge is -2.36. The van der Waals surface area contributed by atoms with Crippen molar-refractivity contribution in [2.45, 2.75) is 64.5 Å². The second-order valence-corrected chi connectivity index (χ2v) is 7.39. The molecule has 0 spiro atoms. The van der Waals surface area contributed by atoms with Crippen LogP contribution >= 0.6 is 0 Å². The van der Waals surface area contributed by atoms with Crippen molar-refractivity contribution in [3.63, 3.8) is 0 Å². The molecule has 3 nitrogen and oxygen atoms in total. The van der Waals surface area contributed by atoms with E-state index in [0.29, 0.717) is 12.1 Å². The van der Waals surface area contributed by atoms with Crippen LogP contribution in [0.1, 0.15) is 63.1 Å². The van der Waals surface area contributed by atoms with Crippen molar-refractivity contribution in [2.24, 2.45) is 0 Å². The molecule has 0 N–H and O–H groups in total. The van der Waals surface area contributed by atoms with E-state index in [9.17, 15) is 0 Å². The molecule has 0 radical (unpaired) electrons. The van der Waals surface area contributed by atoms with E-state index in [4.69, 9.17) is 4.74 Å². The second-order valence-electron chi connectivity index (χ2n) is 7.39. The number of nitrogens with zero attached hydrogens (tertiary/aromatic N) is 2. The highest BCUT2D eigenvalue weighted by Gasteiger charge is 2.27. The predicted octanol–water partition coefficient (Wildman–Crippen LogP) is 4.27. The fourth-order valence-electron chi connectivity index (χ4n) is 4.51. The fourth-order valence-corrected chi connectivity index (χ4v) is 4.51. The maximum absolute atomic E-state index is 6.35. The van der Waals surface area contributed by atoms with E-state index in [2.05, 4.69) is 48.9 Å². The van der Waals surface area contributed by atoms with Gasteiger partial charge in [0.2, 0.25) is 0 Å². The maximum Gasteiger partial charge on any atom is 0.122 e. The Morgan fingerprint density at radius 3 is 2.71 bits per heavy atom. The number of hydrogen-bond acceptors (Lipinski definition) is 3. The van der Waals surface area contributed by atoms with Crippen molar-refractivity contribution in [3.8, 4) is 5.75 Å². The Labute approximate surface area is 148 Å². The molecule has 134 valence electrons. The van der Waals surface area contributed by atoms with Crippen LogP contribution in [-0.2, 0) is 6.42 Å². The topological polar surface area (TPSA) is 15.7 Å². The molecule has 1 aliphatic carbocycles. The molecule has 1 aliphatic heterocycles. The minimum absolute atomic E-state index is 0.574. The number of piperidine rings is 1. The fraction of sp³-hybridized carbons (Fsp3) is 0.714. The molecule has 0 amide bonds. The molecular formula is C21H34N2O. The minimum Gasteiger partial charge on any atom is -0.492 e. The van der Waals surface area contributed by atoms with Gasteiger partial charge >= 0.3 is 0 Å². The Morgan fingerprint density at radius 2 is 1.96 bits per heavy atom. The van der Waals surface area contributed by atoms with Gasteiger partial charge in [-0.25, -0.2) is 0 Å². The summed E-state index contributed by atoms with van der Waals surface area (Å²) < 4.78 is 6.35. The van der Waals surface area contributed by atoms with Crippen molar-refractivity contribution >= 4 is 0 Å². The largest absolute Gasteiger partial charge is 0.492 e. The average molecular weight is 331 g/mol. The van der Waals surface area contributed by atoms with Gasteiger partial charge in [-0.15, -0.1) is 0 Å². The minimum atomic E-state index is 0.574. The molecule has 0 bridgehead atoms. The normalized spacial score (nSPS) is 24.8. The van der Waals surface area contributed by atoms with Crippen molar-refractivity contribution in [3.05, 3.63) is 29.3 Å². The predicted molar refractivity (Wildman–Crippen MR) is 101 cm³/mol. The first kappa shape index (κ1) is 17.8. The Morgan fingerprint density at radius 1 is 1.12 bits per heavy atom. The van der Waals surface area contributed by atoms with Crippen molar-refractivity contribution in [1.29, 1.82) is 0 Å². The molecule has 0 saturated carbocycles. The monoisotopic (exact) mass is 330 g/mol. The van der Waals surface area contributed by atoms with Crippen LogP contribution in [0.15, 0.2) is 18.2 Å². The summed E-state index contributed by atoms with van der Waals surface area (Å²) in [4.78, 5) is 5.06. The standard InChI is InChI=1S/C21H34N2O/c1-4-23(5-2)20-13-8-12-19-18(20)11-9-14-21(19)24-16-17-10-6-7-15-22(17)3/h9,11,14,17,20H,4-8,10,12-13,15-16H2,1-3H3. The van der Waals surface area contributed by atoms with Gasteiger partial charge in [-0.3, -0.25) is 4.90 Å². The highest BCUT2D eigenvalue weighted by Crippen LogP contribution is 2.38. The van der Waals surface area contributed by atoms with Crippen LogP contribution in [0.2, 0.25) is 0 Å². The number of likely N-dealkylation sites (tertiary alicyclic amines) is 1. The lowest BCUT2D eigenvalue weighted by atomic mass is 9.86. The van der Waals surface area contributed by atoms with E-state index in [0.717, 1.165) is 25.4 Å². The molecule has 1 aromatic rings. The third-order valence-electron chi connectivity index (χ3n) is 6.04. The average Bonchev–Trinajstić information content (AvgIpc) is 2.62. The van der Waals surface area contributed by atoms with Gasteiger partial charge in [0.15, 0.2) is 0 Å². The summed E-state index contributed by atoms with van der Waals surface area (Å²) in [5.74, 6) is 1.14. The van der Waals surface area contributed by atoms with E-state index in [-0.39, 0.29) is 0 Å². The van der Waals surface area contributed by atoms with E-state index < -0.39 is 0 Å². The smallest absolute Gasteiger partial charge is 0.122 e. The summed E-state index contributed by atoms with van der Waals surface area (Å²) in [6.45, 7) is 8.85. The molecule has 0 aromatic heterocycles. The Hall–Kier alpha value is -1.06. The second kappa shape index (κ2) is 8.35. The molecule has 2 aliphatic rings. The molecule has 24 heavy (non-hydrogen) atoms. The maximum atomic E-state index is 6.35. The van der Waals surface area contributed by atoms with Gasteiger partial charge in [0.1, 0.15) is 12.4 Å². The first-order valence-electron chi connectivity index (χ1n) is 9.93. The Balaban J connectivity index is 1.74. The van der Waals surface area contributed by atoms with Gasteiger partial charge in [0, 0.05) is 12.1 Å². The molecule has 3 rings (SSSR count). The lowest BCUT2D eigenvalue weighted by molar-refractivity contribution is 0.124. The van der Waals surface area contributed by atoms with E-state index >= 15 is 0 Å². The van der Waals surface area contributed by atoms with Crippen LogP contribution in [0.4, 0.5) is 0 Å². The van der Waals surface area contributed by atoms with E-state index in [1.54, 1.807) is 0 Å². The summed E-state index contributed by atoms with van der Waals surface area (Å²) in [6, 6.07) is 7.87. The zero-order chi connectivity index (χ0) is 16.9. The summed E-state index contributed by atoms with van der Waals surface area (Å²) in [5, 5.41) is 0. The van der Waals surface area contributed by atoms with Gasteiger partial charge in [-0.2, -0.15) is 0 Å². The molecule has 1 aromatic carbocycles. The van der Waals surface area contributed by atoms with Gasteiger partial charge in [0.05, 0.1) is 0 Å². The van der Waals surface area contributed by atoms with E-state index in [1.807, 2.05) is 0 Å². The highest BCUT2D eigenvalue weighted by molar-refractivity contribution is 5.43. The first-order chi connectivity index (χ1) is 11.7. The van der Waals surface area contributed by atoms with Crippen molar-refractivity contribution in [1.82, 2.24) is 9.80 Å². The number of hydrogen-bond donors (Lipinski definition) is 0.